The third kappa shape index (κ3) is 2.88. The van der Waals surface area contributed by atoms with E-state index in [0.29, 0.717) is 12.0 Å². The van der Waals surface area contributed by atoms with Crippen molar-refractivity contribution >= 4 is 28.1 Å². The van der Waals surface area contributed by atoms with Crippen LogP contribution in [0.3, 0.4) is 0 Å². The molecular formula is C21H20ClNO. The van der Waals surface area contributed by atoms with Crippen LogP contribution in [0, 0.1) is 5.92 Å². The highest BCUT2D eigenvalue weighted by Gasteiger charge is 2.26. The number of halogens is 1. The molecule has 1 aliphatic heterocycles. The monoisotopic (exact) mass is 337 g/mol. The Balaban J connectivity index is 1.68. The molecule has 0 fully saturated rings. The Morgan fingerprint density at radius 1 is 1.17 bits per heavy atom. The molecule has 0 spiro atoms. The molecule has 0 saturated carbocycles. The third-order valence-electron chi connectivity index (χ3n) is 4.92. The van der Waals surface area contributed by atoms with Gasteiger partial charge in [-0.3, -0.25) is 0 Å². The molecule has 1 aliphatic rings. The van der Waals surface area contributed by atoms with Gasteiger partial charge in [0.1, 0.15) is 5.58 Å². The number of hydrogen-bond acceptors (Lipinski definition) is 2. The maximum absolute atomic E-state index is 6.33. The Bertz CT molecular complexity index is 881. The summed E-state index contributed by atoms with van der Waals surface area (Å²) < 4.78 is 5.74. The molecule has 0 saturated heterocycles. The predicted molar refractivity (Wildman–Crippen MR) is 100 cm³/mol. The molecule has 1 N–H and O–H groups in total. The molecule has 2 aromatic carbocycles. The smallest absolute Gasteiger partial charge is 0.141 e. The highest BCUT2D eigenvalue weighted by atomic mass is 35.5. The van der Waals surface area contributed by atoms with Crippen molar-refractivity contribution in [1.82, 2.24) is 5.32 Å². The lowest BCUT2D eigenvalue weighted by Gasteiger charge is -2.31. The van der Waals surface area contributed by atoms with Gasteiger partial charge >= 0.3 is 0 Å². The zero-order valence-electron chi connectivity index (χ0n) is 13.6. The predicted octanol–water partition coefficient (Wildman–Crippen LogP) is 5.32. The summed E-state index contributed by atoms with van der Waals surface area (Å²) in [6.45, 7) is 3.15. The van der Waals surface area contributed by atoms with Crippen molar-refractivity contribution in [3.63, 3.8) is 0 Å². The molecule has 3 aromatic rings. The Morgan fingerprint density at radius 3 is 2.83 bits per heavy atom. The van der Waals surface area contributed by atoms with Crippen molar-refractivity contribution in [1.29, 1.82) is 0 Å². The maximum Gasteiger partial charge on any atom is 0.141 e. The van der Waals surface area contributed by atoms with E-state index in [0.717, 1.165) is 34.5 Å². The Morgan fingerprint density at radius 2 is 2.00 bits per heavy atom. The summed E-state index contributed by atoms with van der Waals surface area (Å²) in [5.41, 5.74) is 4.72. The van der Waals surface area contributed by atoms with Crippen LogP contribution in [0.4, 0.5) is 0 Å². The minimum absolute atomic E-state index is 0.380. The van der Waals surface area contributed by atoms with Gasteiger partial charge in [-0.2, -0.15) is 0 Å². The van der Waals surface area contributed by atoms with Crippen LogP contribution >= 0.6 is 11.6 Å². The molecule has 122 valence electrons. The van der Waals surface area contributed by atoms with Gasteiger partial charge in [0.15, 0.2) is 0 Å². The van der Waals surface area contributed by atoms with Gasteiger partial charge in [-0.05, 0) is 41.7 Å². The molecule has 24 heavy (non-hydrogen) atoms. The van der Waals surface area contributed by atoms with Crippen molar-refractivity contribution in [2.75, 3.05) is 6.54 Å². The van der Waals surface area contributed by atoms with Gasteiger partial charge in [0.25, 0.3) is 0 Å². The van der Waals surface area contributed by atoms with Crippen molar-refractivity contribution in [3.8, 4) is 0 Å². The quantitative estimate of drug-likeness (QED) is 0.699. The van der Waals surface area contributed by atoms with Crippen molar-refractivity contribution in [2.45, 2.75) is 19.4 Å². The van der Waals surface area contributed by atoms with Crippen LogP contribution in [0.15, 0.2) is 65.3 Å². The van der Waals surface area contributed by atoms with Crippen LogP contribution in [0.25, 0.3) is 16.5 Å². The van der Waals surface area contributed by atoms with Crippen LogP contribution in [0.1, 0.15) is 18.1 Å². The lowest BCUT2D eigenvalue weighted by atomic mass is 9.82. The standard InChI is InChI=1S/C21H20ClNO/c1-14-18(19-13-17(22)12-16-8-10-24-21(16)19)7-9-23-20(14)11-15-5-3-2-4-6-15/h2-8,10,12-14,20,23H,9,11H2,1H3. The molecule has 3 heteroatoms. The van der Waals surface area contributed by atoms with Crippen LogP contribution < -0.4 is 5.32 Å². The highest BCUT2D eigenvalue weighted by molar-refractivity contribution is 6.31. The summed E-state index contributed by atoms with van der Waals surface area (Å²) in [5.74, 6) is 0.380. The first-order valence-electron chi connectivity index (χ1n) is 8.37. The highest BCUT2D eigenvalue weighted by Crippen LogP contribution is 2.36. The molecule has 0 amide bonds. The average molecular weight is 338 g/mol. The molecule has 0 radical (unpaired) electrons. The van der Waals surface area contributed by atoms with Crippen LogP contribution in [0.5, 0.6) is 0 Å². The largest absolute Gasteiger partial charge is 0.464 e. The third-order valence-corrected chi connectivity index (χ3v) is 5.14. The zero-order chi connectivity index (χ0) is 16.5. The van der Waals surface area contributed by atoms with Crippen LogP contribution in [-0.4, -0.2) is 12.6 Å². The lowest BCUT2D eigenvalue weighted by molar-refractivity contribution is 0.439. The fraction of sp³-hybridized carbons (Fsp3) is 0.238. The topological polar surface area (TPSA) is 25.2 Å². The first kappa shape index (κ1) is 15.5. The van der Waals surface area contributed by atoms with Gasteiger partial charge in [-0.1, -0.05) is 54.9 Å². The SMILES string of the molecule is CC1C(c2cc(Cl)cc3ccoc23)=CCNC1Cc1ccccc1. The minimum Gasteiger partial charge on any atom is -0.464 e. The number of nitrogens with one attached hydrogen (secondary N) is 1. The number of hydrogen-bond donors (Lipinski definition) is 1. The fourth-order valence-corrected chi connectivity index (χ4v) is 3.86. The first-order chi connectivity index (χ1) is 11.7. The second-order valence-electron chi connectivity index (χ2n) is 6.44. The van der Waals surface area contributed by atoms with Crippen LogP contribution in [0.2, 0.25) is 5.02 Å². The molecule has 1 aromatic heterocycles. The van der Waals surface area contributed by atoms with E-state index >= 15 is 0 Å². The molecule has 2 heterocycles. The minimum atomic E-state index is 0.380. The summed E-state index contributed by atoms with van der Waals surface area (Å²) >= 11 is 6.33. The van der Waals surface area contributed by atoms with E-state index in [1.165, 1.54) is 11.1 Å². The normalized spacial score (nSPS) is 21.0. The summed E-state index contributed by atoms with van der Waals surface area (Å²) in [4.78, 5) is 0. The van der Waals surface area contributed by atoms with Gasteiger partial charge in [0, 0.05) is 28.6 Å². The Labute approximate surface area is 147 Å². The van der Waals surface area contributed by atoms with Gasteiger partial charge in [0.2, 0.25) is 0 Å². The zero-order valence-corrected chi connectivity index (χ0v) is 14.4. The van der Waals surface area contributed by atoms with Crippen LogP contribution in [-0.2, 0) is 6.42 Å². The molecule has 4 rings (SSSR count). The summed E-state index contributed by atoms with van der Waals surface area (Å²) in [6, 6.07) is 17.0. The molecule has 2 atom stereocenters. The summed E-state index contributed by atoms with van der Waals surface area (Å²) in [5, 5.41) is 5.45. The number of furan rings is 1. The summed E-state index contributed by atoms with van der Waals surface area (Å²) in [7, 11) is 0. The lowest BCUT2D eigenvalue weighted by Crippen LogP contribution is -2.40. The van der Waals surface area contributed by atoms with Crippen molar-refractivity contribution < 1.29 is 4.42 Å². The van der Waals surface area contributed by atoms with Crippen molar-refractivity contribution in [2.24, 2.45) is 5.92 Å². The molecular weight excluding hydrogens is 318 g/mol. The van der Waals surface area contributed by atoms with Gasteiger partial charge in [0.05, 0.1) is 6.26 Å². The van der Waals surface area contributed by atoms with E-state index in [4.69, 9.17) is 16.0 Å². The molecule has 0 bridgehead atoms. The van der Waals surface area contributed by atoms with E-state index in [1.807, 2.05) is 18.2 Å². The molecule has 0 aliphatic carbocycles. The second kappa shape index (κ2) is 6.46. The number of fused-ring (bicyclic) bond motifs is 1. The Hall–Kier alpha value is -2.03. The van der Waals surface area contributed by atoms with Gasteiger partial charge in [-0.15, -0.1) is 0 Å². The number of rotatable bonds is 3. The van der Waals surface area contributed by atoms with E-state index in [2.05, 4.69) is 48.6 Å². The van der Waals surface area contributed by atoms with E-state index in [-0.39, 0.29) is 0 Å². The maximum atomic E-state index is 6.33. The first-order valence-corrected chi connectivity index (χ1v) is 8.74. The van der Waals surface area contributed by atoms with E-state index in [1.54, 1.807) is 6.26 Å². The fourth-order valence-electron chi connectivity index (χ4n) is 3.63. The van der Waals surface area contributed by atoms with Gasteiger partial charge in [-0.25, -0.2) is 0 Å². The molecule has 2 unspecified atom stereocenters. The average Bonchev–Trinajstić information content (AvgIpc) is 3.05. The second-order valence-corrected chi connectivity index (χ2v) is 6.88. The molecule has 2 nitrogen and oxygen atoms in total. The summed E-state index contributed by atoms with van der Waals surface area (Å²) in [6.07, 6.45) is 5.01. The van der Waals surface area contributed by atoms with E-state index in [9.17, 15) is 0 Å². The number of benzene rings is 2. The van der Waals surface area contributed by atoms with Gasteiger partial charge < -0.3 is 9.73 Å². The Kier molecular flexibility index (Phi) is 4.17. The van der Waals surface area contributed by atoms with E-state index < -0.39 is 0 Å². The van der Waals surface area contributed by atoms with Crippen molar-refractivity contribution in [3.05, 3.63) is 77.0 Å².